The zero-order valence-electron chi connectivity index (χ0n) is 18.9. The van der Waals surface area contributed by atoms with E-state index in [0.717, 1.165) is 22.6 Å². The second kappa shape index (κ2) is 10.6. The molecule has 8 nitrogen and oxygen atoms in total. The van der Waals surface area contributed by atoms with Gasteiger partial charge in [-0.2, -0.15) is 0 Å². The van der Waals surface area contributed by atoms with Gasteiger partial charge in [-0.3, -0.25) is 14.2 Å². The average molecular weight is 489 g/mol. The van der Waals surface area contributed by atoms with E-state index < -0.39 is 0 Å². The van der Waals surface area contributed by atoms with Crippen LogP contribution >= 0.6 is 23.5 Å². The van der Waals surface area contributed by atoms with Crippen LogP contribution in [0.4, 0.5) is 4.79 Å². The molecule has 2 aromatic rings. The van der Waals surface area contributed by atoms with Gasteiger partial charge in [0.1, 0.15) is 0 Å². The van der Waals surface area contributed by atoms with Crippen molar-refractivity contribution in [1.82, 2.24) is 19.4 Å². The molecule has 1 aromatic heterocycles. The summed E-state index contributed by atoms with van der Waals surface area (Å²) in [6.07, 6.45) is 0.428. The zero-order chi connectivity index (χ0) is 23.4. The van der Waals surface area contributed by atoms with Crippen molar-refractivity contribution in [2.75, 3.05) is 38.5 Å². The molecule has 1 saturated heterocycles. The van der Waals surface area contributed by atoms with Gasteiger partial charge in [0.05, 0.1) is 29.5 Å². The monoisotopic (exact) mass is 488 g/mol. The van der Waals surface area contributed by atoms with Gasteiger partial charge in [-0.25, -0.2) is 9.78 Å². The second-order valence-electron chi connectivity index (χ2n) is 8.04. The Morgan fingerprint density at radius 1 is 1.15 bits per heavy atom. The molecule has 0 radical (unpaired) electrons. The number of carbonyl (C=O) groups is 2. The first kappa shape index (κ1) is 23.7. The summed E-state index contributed by atoms with van der Waals surface area (Å²) in [5, 5.41) is 0.902. The van der Waals surface area contributed by atoms with Crippen molar-refractivity contribution in [2.24, 2.45) is 0 Å². The number of carbonyl (C=O) groups excluding carboxylic acids is 2. The highest BCUT2D eigenvalue weighted by molar-refractivity contribution is 8.00. The number of hydrogen-bond acceptors (Lipinski definition) is 7. The quantitative estimate of drug-likeness (QED) is 0.457. The fraction of sp³-hybridized carbons (Fsp3) is 0.478. The molecular formula is C23H28N4O4S2. The lowest BCUT2D eigenvalue weighted by molar-refractivity contribution is -0.129. The van der Waals surface area contributed by atoms with E-state index in [1.165, 1.54) is 11.8 Å². The normalized spacial score (nSPS) is 17.7. The van der Waals surface area contributed by atoms with Crippen molar-refractivity contribution < 1.29 is 14.3 Å². The molecular weight excluding hydrogens is 460 g/mol. The smallest absolute Gasteiger partial charge is 0.409 e. The van der Waals surface area contributed by atoms with Crippen molar-refractivity contribution in [3.05, 3.63) is 51.9 Å². The molecule has 0 spiro atoms. The lowest BCUT2D eigenvalue weighted by atomic mass is 10.2. The van der Waals surface area contributed by atoms with E-state index in [9.17, 15) is 14.4 Å². The zero-order valence-corrected chi connectivity index (χ0v) is 20.5. The molecule has 33 heavy (non-hydrogen) atoms. The number of hydrogen-bond donors (Lipinski definition) is 0. The Bertz CT molecular complexity index is 1070. The molecule has 0 bridgehead atoms. The molecule has 3 heterocycles. The van der Waals surface area contributed by atoms with Gasteiger partial charge in [0.2, 0.25) is 5.91 Å². The van der Waals surface area contributed by atoms with Gasteiger partial charge in [0.25, 0.3) is 5.56 Å². The number of piperazine rings is 1. The van der Waals surface area contributed by atoms with E-state index in [0.29, 0.717) is 49.7 Å². The van der Waals surface area contributed by atoms with Crippen LogP contribution in [0.5, 0.6) is 0 Å². The van der Waals surface area contributed by atoms with Crippen LogP contribution in [0, 0.1) is 0 Å². The summed E-state index contributed by atoms with van der Waals surface area (Å²) in [4.78, 5) is 46.9. The van der Waals surface area contributed by atoms with Crippen molar-refractivity contribution >= 4 is 35.5 Å². The van der Waals surface area contributed by atoms with Crippen LogP contribution in [0.3, 0.4) is 0 Å². The predicted octanol–water partition coefficient (Wildman–Crippen LogP) is 2.72. The van der Waals surface area contributed by atoms with Gasteiger partial charge in [-0.15, -0.1) is 11.8 Å². The SMILES string of the molecule is CCOC(=O)N1CCN(C(=O)CSc2nc3c(c(=O)n2Cc2ccccc2)S[C@@H](C)C3)CC1. The molecule has 0 unspecified atom stereocenters. The first-order chi connectivity index (χ1) is 16.0. The second-order valence-corrected chi connectivity index (χ2v) is 10.4. The summed E-state index contributed by atoms with van der Waals surface area (Å²) in [7, 11) is 0. The van der Waals surface area contributed by atoms with E-state index in [1.807, 2.05) is 30.3 Å². The third kappa shape index (κ3) is 5.55. The topological polar surface area (TPSA) is 84.7 Å². The first-order valence-electron chi connectivity index (χ1n) is 11.1. The maximum absolute atomic E-state index is 13.3. The molecule has 176 valence electrons. The first-order valence-corrected chi connectivity index (χ1v) is 13.0. The van der Waals surface area contributed by atoms with E-state index >= 15 is 0 Å². The van der Waals surface area contributed by atoms with Crippen LogP contribution in [0.1, 0.15) is 25.1 Å². The highest BCUT2D eigenvalue weighted by Crippen LogP contribution is 2.34. The minimum absolute atomic E-state index is 0.0211. The van der Waals surface area contributed by atoms with Crippen molar-refractivity contribution in [3.63, 3.8) is 0 Å². The molecule has 0 saturated carbocycles. The summed E-state index contributed by atoms with van der Waals surface area (Å²) in [6.45, 7) is 6.49. The minimum Gasteiger partial charge on any atom is -0.450 e. The van der Waals surface area contributed by atoms with E-state index in [1.54, 1.807) is 33.1 Å². The Morgan fingerprint density at radius 2 is 1.85 bits per heavy atom. The molecule has 0 N–H and O–H groups in total. The third-order valence-corrected chi connectivity index (χ3v) is 7.81. The molecule has 10 heteroatoms. The molecule has 0 aliphatic carbocycles. The van der Waals surface area contributed by atoms with E-state index in [2.05, 4.69) is 6.92 Å². The fourth-order valence-corrected chi connectivity index (χ4v) is 5.95. The maximum atomic E-state index is 13.3. The van der Waals surface area contributed by atoms with Gasteiger partial charge in [-0.1, -0.05) is 49.0 Å². The number of amides is 2. The Hall–Kier alpha value is -2.46. The number of fused-ring (bicyclic) bond motifs is 1. The Morgan fingerprint density at radius 3 is 2.55 bits per heavy atom. The van der Waals surface area contributed by atoms with Crippen molar-refractivity contribution in [1.29, 1.82) is 0 Å². The molecule has 4 rings (SSSR count). The van der Waals surface area contributed by atoms with Crippen LogP contribution in [-0.4, -0.2) is 75.1 Å². The van der Waals surface area contributed by atoms with Gasteiger partial charge in [-0.05, 0) is 12.5 Å². The summed E-state index contributed by atoms with van der Waals surface area (Å²) in [5.41, 5.74) is 1.82. The lowest BCUT2D eigenvalue weighted by Crippen LogP contribution is -2.51. The predicted molar refractivity (Wildman–Crippen MR) is 129 cm³/mol. The van der Waals surface area contributed by atoms with Gasteiger partial charge in [0, 0.05) is 37.8 Å². The Labute approximate surface area is 201 Å². The van der Waals surface area contributed by atoms with Crippen molar-refractivity contribution in [3.8, 4) is 0 Å². The van der Waals surface area contributed by atoms with Crippen LogP contribution in [0.15, 0.2) is 45.2 Å². The molecule has 2 aliphatic heterocycles. The summed E-state index contributed by atoms with van der Waals surface area (Å²) >= 11 is 2.89. The fourth-order valence-electron chi connectivity index (χ4n) is 3.92. The number of aromatic nitrogens is 2. The highest BCUT2D eigenvalue weighted by Gasteiger charge is 2.28. The van der Waals surface area contributed by atoms with Crippen LogP contribution < -0.4 is 5.56 Å². The van der Waals surface area contributed by atoms with Crippen LogP contribution in [-0.2, 0) is 22.5 Å². The van der Waals surface area contributed by atoms with Crippen LogP contribution in [0.25, 0.3) is 0 Å². The molecule has 1 atom stereocenters. The maximum Gasteiger partial charge on any atom is 0.409 e. The minimum atomic E-state index is -0.335. The third-order valence-electron chi connectivity index (χ3n) is 5.63. The Kier molecular flexibility index (Phi) is 7.64. The number of rotatable bonds is 6. The number of nitrogens with zero attached hydrogens (tertiary/aromatic N) is 4. The standard InChI is InChI=1S/C23H28N4O4S2/c1-3-31-23(30)26-11-9-25(10-12-26)19(28)15-32-22-24-18-13-16(2)33-20(18)21(29)27(22)14-17-7-5-4-6-8-17/h4-8,16H,3,9-15H2,1-2H3/t16-/m0/s1. The van der Waals surface area contributed by atoms with Gasteiger partial charge < -0.3 is 14.5 Å². The highest BCUT2D eigenvalue weighted by atomic mass is 32.2. The average Bonchev–Trinajstić information content (AvgIpc) is 3.21. The largest absolute Gasteiger partial charge is 0.450 e. The van der Waals surface area contributed by atoms with Crippen LogP contribution in [0.2, 0.25) is 0 Å². The van der Waals surface area contributed by atoms with Crippen molar-refractivity contribution in [2.45, 2.75) is 42.1 Å². The summed E-state index contributed by atoms with van der Waals surface area (Å²) < 4.78 is 6.73. The molecule has 1 aromatic carbocycles. The molecule has 1 fully saturated rings. The molecule has 2 amide bonds. The van der Waals surface area contributed by atoms with E-state index in [4.69, 9.17) is 9.72 Å². The Balaban J connectivity index is 1.46. The number of ether oxygens (including phenoxy) is 1. The number of benzene rings is 1. The molecule has 2 aliphatic rings. The van der Waals surface area contributed by atoms with E-state index in [-0.39, 0.29) is 23.3 Å². The summed E-state index contributed by atoms with van der Waals surface area (Å²) in [5.74, 6) is 0.175. The summed E-state index contributed by atoms with van der Waals surface area (Å²) in [6, 6.07) is 9.81. The number of thioether (sulfide) groups is 2. The van der Waals surface area contributed by atoms with Gasteiger partial charge >= 0.3 is 6.09 Å². The lowest BCUT2D eigenvalue weighted by Gasteiger charge is -2.34. The van der Waals surface area contributed by atoms with Gasteiger partial charge in [0.15, 0.2) is 5.16 Å².